The Morgan fingerprint density at radius 2 is 1.62 bits per heavy atom. The van der Waals surface area contributed by atoms with Gasteiger partial charge in [-0.1, -0.05) is 24.3 Å². The summed E-state index contributed by atoms with van der Waals surface area (Å²) in [5.41, 5.74) is 4.82. The summed E-state index contributed by atoms with van der Waals surface area (Å²) in [6, 6.07) is 15.3. The Kier molecular flexibility index (Phi) is 6.30. The summed E-state index contributed by atoms with van der Waals surface area (Å²) in [5, 5.41) is 3.18. The number of carbonyl (C=O) groups excluding carboxylic acids is 2. The number of H-pyrrole nitrogens is 1. The lowest BCUT2D eigenvalue weighted by Gasteiger charge is -2.20. The SMILES string of the molecule is COc1ccc(CC(NC(=O)c2[nH]c3c(c2C)C(=O)CCC3)c2ccc(OC)cc2)cc1. The van der Waals surface area contributed by atoms with Crippen LogP contribution in [0.3, 0.4) is 0 Å². The third-order valence-corrected chi connectivity index (χ3v) is 6.09. The average molecular weight is 433 g/mol. The highest BCUT2D eigenvalue weighted by atomic mass is 16.5. The Bertz CT molecular complexity index is 1110. The van der Waals surface area contributed by atoms with Crippen molar-refractivity contribution in [3.05, 3.63) is 82.2 Å². The molecule has 6 heteroatoms. The molecule has 1 aliphatic carbocycles. The quantitative estimate of drug-likeness (QED) is 0.573. The van der Waals surface area contributed by atoms with Gasteiger partial charge in [0, 0.05) is 17.7 Å². The van der Waals surface area contributed by atoms with Crippen LogP contribution in [-0.4, -0.2) is 30.9 Å². The van der Waals surface area contributed by atoms with E-state index in [4.69, 9.17) is 9.47 Å². The minimum Gasteiger partial charge on any atom is -0.497 e. The number of Topliss-reactive ketones (excluding diaryl/α,β-unsaturated/α-hetero) is 1. The maximum atomic E-state index is 13.3. The monoisotopic (exact) mass is 432 g/mol. The number of aromatic nitrogens is 1. The molecule has 1 aliphatic rings. The molecule has 1 amide bonds. The lowest BCUT2D eigenvalue weighted by Crippen LogP contribution is -2.30. The predicted molar refractivity (Wildman–Crippen MR) is 123 cm³/mol. The smallest absolute Gasteiger partial charge is 0.268 e. The molecule has 6 nitrogen and oxygen atoms in total. The largest absolute Gasteiger partial charge is 0.497 e. The van der Waals surface area contributed by atoms with E-state index in [2.05, 4.69) is 10.3 Å². The van der Waals surface area contributed by atoms with Crippen molar-refractivity contribution in [3.8, 4) is 11.5 Å². The van der Waals surface area contributed by atoms with Crippen LogP contribution in [0.1, 0.15) is 62.1 Å². The number of ether oxygens (including phenoxy) is 2. The molecule has 0 aliphatic heterocycles. The fourth-order valence-electron chi connectivity index (χ4n) is 4.32. The number of fused-ring (bicyclic) bond motifs is 1. The van der Waals surface area contributed by atoms with Crippen LogP contribution in [0.5, 0.6) is 11.5 Å². The number of methoxy groups -OCH3 is 2. The van der Waals surface area contributed by atoms with E-state index in [-0.39, 0.29) is 17.7 Å². The molecule has 32 heavy (non-hydrogen) atoms. The van der Waals surface area contributed by atoms with E-state index in [1.807, 2.05) is 55.5 Å². The summed E-state index contributed by atoms with van der Waals surface area (Å²) in [4.78, 5) is 28.9. The van der Waals surface area contributed by atoms with Gasteiger partial charge in [0.15, 0.2) is 5.78 Å². The van der Waals surface area contributed by atoms with Gasteiger partial charge in [-0.2, -0.15) is 0 Å². The van der Waals surface area contributed by atoms with Gasteiger partial charge >= 0.3 is 0 Å². The van der Waals surface area contributed by atoms with Crippen molar-refractivity contribution >= 4 is 11.7 Å². The lowest BCUT2D eigenvalue weighted by molar-refractivity contribution is 0.0930. The maximum absolute atomic E-state index is 13.3. The van der Waals surface area contributed by atoms with Gasteiger partial charge in [0.05, 0.1) is 20.3 Å². The predicted octanol–water partition coefficient (Wildman–Crippen LogP) is 4.57. The maximum Gasteiger partial charge on any atom is 0.268 e. The molecule has 166 valence electrons. The van der Waals surface area contributed by atoms with E-state index in [0.717, 1.165) is 46.7 Å². The molecule has 1 atom stereocenters. The van der Waals surface area contributed by atoms with E-state index >= 15 is 0 Å². The molecule has 2 N–H and O–H groups in total. The summed E-state index contributed by atoms with van der Waals surface area (Å²) >= 11 is 0. The van der Waals surface area contributed by atoms with Crippen LogP contribution in [0, 0.1) is 6.92 Å². The molecule has 0 spiro atoms. The van der Waals surface area contributed by atoms with E-state index in [0.29, 0.717) is 24.1 Å². The number of rotatable bonds is 7. The first kappa shape index (κ1) is 21.7. The van der Waals surface area contributed by atoms with Crippen molar-refractivity contribution in [3.63, 3.8) is 0 Å². The molecular weight excluding hydrogens is 404 g/mol. The summed E-state index contributed by atoms with van der Waals surface area (Å²) in [7, 11) is 3.27. The third kappa shape index (κ3) is 4.40. The molecule has 0 fully saturated rings. The van der Waals surface area contributed by atoms with Gasteiger partial charge in [-0.05, 0) is 67.1 Å². The molecule has 0 saturated heterocycles. The van der Waals surface area contributed by atoms with Crippen molar-refractivity contribution in [2.45, 2.75) is 38.6 Å². The number of hydrogen-bond acceptors (Lipinski definition) is 4. The zero-order valence-electron chi connectivity index (χ0n) is 18.7. The van der Waals surface area contributed by atoms with Crippen molar-refractivity contribution < 1.29 is 19.1 Å². The van der Waals surface area contributed by atoms with E-state index in [1.54, 1.807) is 14.2 Å². The van der Waals surface area contributed by atoms with E-state index in [1.165, 1.54) is 0 Å². The highest BCUT2D eigenvalue weighted by molar-refractivity contribution is 6.04. The molecule has 3 aromatic rings. The van der Waals surface area contributed by atoms with Gasteiger partial charge in [0.2, 0.25) is 0 Å². The zero-order valence-corrected chi connectivity index (χ0v) is 18.7. The first-order chi connectivity index (χ1) is 15.5. The van der Waals surface area contributed by atoms with Crippen LogP contribution in [0.25, 0.3) is 0 Å². The third-order valence-electron chi connectivity index (χ3n) is 6.09. The van der Waals surface area contributed by atoms with Crippen LogP contribution in [0.4, 0.5) is 0 Å². The van der Waals surface area contributed by atoms with Crippen LogP contribution >= 0.6 is 0 Å². The van der Waals surface area contributed by atoms with Crippen LogP contribution in [0.2, 0.25) is 0 Å². The minimum atomic E-state index is -0.253. The Morgan fingerprint density at radius 1 is 1.00 bits per heavy atom. The number of nitrogens with one attached hydrogen (secondary N) is 2. The number of aromatic amines is 1. The second-order valence-electron chi connectivity index (χ2n) is 8.11. The molecule has 2 aromatic carbocycles. The highest BCUT2D eigenvalue weighted by Crippen LogP contribution is 2.28. The van der Waals surface area contributed by atoms with Gasteiger partial charge in [-0.25, -0.2) is 0 Å². The number of amides is 1. The van der Waals surface area contributed by atoms with Gasteiger partial charge in [0.25, 0.3) is 5.91 Å². The molecule has 1 heterocycles. The molecule has 1 unspecified atom stereocenters. The minimum absolute atomic E-state index is 0.115. The summed E-state index contributed by atoms with van der Waals surface area (Å²) in [5.74, 6) is 1.45. The fraction of sp³-hybridized carbons (Fsp3) is 0.308. The first-order valence-corrected chi connectivity index (χ1v) is 10.8. The Balaban J connectivity index is 1.62. The van der Waals surface area contributed by atoms with Crippen molar-refractivity contribution in [1.29, 1.82) is 0 Å². The zero-order chi connectivity index (χ0) is 22.7. The first-order valence-electron chi connectivity index (χ1n) is 10.8. The Morgan fingerprint density at radius 3 is 2.22 bits per heavy atom. The number of carbonyl (C=O) groups is 2. The standard InChI is InChI=1S/C26H28N2O4/c1-16-24-21(5-4-6-23(24)29)27-25(16)26(30)28-22(18-9-13-20(32-3)14-10-18)15-17-7-11-19(31-2)12-8-17/h7-14,22,27H,4-6,15H2,1-3H3,(H,28,30). The summed E-state index contributed by atoms with van der Waals surface area (Å²) in [6.07, 6.45) is 2.76. The van der Waals surface area contributed by atoms with Crippen LogP contribution < -0.4 is 14.8 Å². The van der Waals surface area contributed by atoms with Crippen LogP contribution in [0.15, 0.2) is 48.5 Å². The molecular formula is C26H28N2O4. The Hall–Kier alpha value is -3.54. The van der Waals surface area contributed by atoms with E-state index < -0.39 is 0 Å². The van der Waals surface area contributed by atoms with Crippen molar-refractivity contribution in [2.75, 3.05) is 14.2 Å². The Labute approximate surface area is 187 Å². The average Bonchev–Trinajstić information content (AvgIpc) is 3.17. The second-order valence-corrected chi connectivity index (χ2v) is 8.11. The highest BCUT2D eigenvalue weighted by Gasteiger charge is 2.27. The number of hydrogen-bond donors (Lipinski definition) is 2. The second kappa shape index (κ2) is 9.30. The summed E-state index contributed by atoms with van der Waals surface area (Å²) in [6.45, 7) is 1.85. The molecule has 0 bridgehead atoms. The van der Waals surface area contributed by atoms with Gasteiger partial charge < -0.3 is 19.8 Å². The topological polar surface area (TPSA) is 80.4 Å². The number of benzene rings is 2. The molecule has 0 saturated carbocycles. The fourth-order valence-corrected chi connectivity index (χ4v) is 4.32. The molecule has 1 aromatic heterocycles. The van der Waals surface area contributed by atoms with Crippen molar-refractivity contribution in [1.82, 2.24) is 10.3 Å². The summed E-state index contributed by atoms with van der Waals surface area (Å²) < 4.78 is 10.5. The lowest BCUT2D eigenvalue weighted by atomic mass is 9.93. The van der Waals surface area contributed by atoms with Gasteiger partial charge in [-0.3, -0.25) is 9.59 Å². The molecule has 4 rings (SSSR count). The normalized spacial score (nSPS) is 13.9. The van der Waals surface area contributed by atoms with Gasteiger partial charge in [0.1, 0.15) is 17.2 Å². The number of aryl methyl sites for hydroxylation is 1. The molecule has 0 radical (unpaired) electrons. The number of ketones is 1. The van der Waals surface area contributed by atoms with Crippen LogP contribution in [-0.2, 0) is 12.8 Å². The van der Waals surface area contributed by atoms with Gasteiger partial charge in [-0.15, -0.1) is 0 Å². The van der Waals surface area contributed by atoms with E-state index in [9.17, 15) is 9.59 Å². The van der Waals surface area contributed by atoms with Crippen molar-refractivity contribution in [2.24, 2.45) is 0 Å².